The first-order valence-electron chi connectivity index (χ1n) is 9.46. The zero-order valence-electron chi connectivity index (χ0n) is 16.3. The Bertz CT molecular complexity index is 685. The predicted octanol–water partition coefficient (Wildman–Crippen LogP) is 2.80. The Morgan fingerprint density at radius 1 is 0.962 bits per heavy atom. The first-order chi connectivity index (χ1) is 12.2. The molecule has 26 heavy (non-hydrogen) atoms. The van der Waals surface area contributed by atoms with Gasteiger partial charge in [-0.1, -0.05) is 81.4 Å². The van der Waals surface area contributed by atoms with E-state index in [0.717, 1.165) is 12.8 Å². The predicted molar refractivity (Wildman–Crippen MR) is 110 cm³/mol. The summed E-state index contributed by atoms with van der Waals surface area (Å²) in [6.45, 7) is 8.58. The Hall–Kier alpha value is -1.46. The van der Waals surface area contributed by atoms with Crippen molar-refractivity contribution >= 4 is 18.7 Å². The smallest absolute Gasteiger partial charge is 0.261 e. The van der Waals surface area contributed by atoms with Crippen LogP contribution in [0.4, 0.5) is 0 Å². The molecule has 2 aromatic rings. The van der Waals surface area contributed by atoms with E-state index in [1.165, 1.54) is 10.4 Å². The fourth-order valence-electron chi connectivity index (χ4n) is 4.24. The van der Waals surface area contributed by atoms with Gasteiger partial charge in [-0.25, -0.2) is 0 Å². The van der Waals surface area contributed by atoms with Crippen LogP contribution in [0.15, 0.2) is 60.7 Å². The highest BCUT2D eigenvalue weighted by atomic mass is 28.4. The molecule has 0 spiro atoms. The van der Waals surface area contributed by atoms with E-state index in [-0.39, 0.29) is 17.2 Å². The minimum atomic E-state index is -2.65. The van der Waals surface area contributed by atoms with Crippen LogP contribution in [0.25, 0.3) is 0 Å². The highest BCUT2D eigenvalue weighted by Crippen LogP contribution is 2.41. The fourth-order valence-corrected chi connectivity index (χ4v) is 9.04. The topological polar surface area (TPSA) is 55.5 Å². The van der Waals surface area contributed by atoms with Crippen LogP contribution in [-0.2, 0) is 4.43 Å². The van der Waals surface area contributed by atoms with Crippen LogP contribution in [0.2, 0.25) is 5.04 Å². The van der Waals surface area contributed by atoms with Gasteiger partial charge in [0.25, 0.3) is 8.32 Å². The molecule has 3 nitrogen and oxygen atoms in total. The van der Waals surface area contributed by atoms with Crippen molar-refractivity contribution in [2.45, 2.75) is 63.3 Å². The van der Waals surface area contributed by atoms with Gasteiger partial charge >= 0.3 is 0 Å². The number of benzene rings is 2. The van der Waals surface area contributed by atoms with Gasteiger partial charge in [-0.05, 0) is 35.2 Å². The molecule has 0 aliphatic heterocycles. The number of hydrogen-bond acceptors (Lipinski definition) is 3. The molecule has 1 saturated carbocycles. The summed E-state index contributed by atoms with van der Waals surface area (Å²) in [5, 5.41) is 13.4. The van der Waals surface area contributed by atoms with Crippen LogP contribution >= 0.6 is 0 Å². The standard InChI is InChI=1S/C22H31NO2Si/c1-21(2,3)26(17-11-7-5-8-12-17,18-13-9-6-10-14-18)25-20-16-15-19(23)22(20,4)24/h5-14,19-20,24H,15-16,23H2,1-4H3/t19?,20?,22-/m0/s1. The van der Waals surface area contributed by atoms with Crippen LogP contribution in [0, 0.1) is 0 Å². The molecule has 140 valence electrons. The minimum Gasteiger partial charge on any atom is -0.401 e. The average molecular weight is 370 g/mol. The van der Waals surface area contributed by atoms with Crippen LogP contribution in [0.5, 0.6) is 0 Å². The summed E-state index contributed by atoms with van der Waals surface area (Å²) in [7, 11) is -2.65. The van der Waals surface area contributed by atoms with Gasteiger partial charge in [0.1, 0.15) is 5.60 Å². The van der Waals surface area contributed by atoms with E-state index in [1.807, 2.05) is 19.1 Å². The zero-order chi connectivity index (χ0) is 19.0. The summed E-state index contributed by atoms with van der Waals surface area (Å²) in [6.07, 6.45) is 1.32. The zero-order valence-corrected chi connectivity index (χ0v) is 17.3. The Balaban J connectivity index is 2.19. The fraction of sp³-hybridized carbons (Fsp3) is 0.455. The van der Waals surface area contributed by atoms with Crippen LogP contribution < -0.4 is 16.1 Å². The van der Waals surface area contributed by atoms with E-state index in [4.69, 9.17) is 10.2 Å². The summed E-state index contributed by atoms with van der Waals surface area (Å²) < 4.78 is 7.03. The lowest BCUT2D eigenvalue weighted by atomic mass is 9.99. The maximum atomic E-state index is 11.0. The summed E-state index contributed by atoms with van der Waals surface area (Å²) in [4.78, 5) is 0. The van der Waals surface area contributed by atoms with Gasteiger partial charge in [-0.3, -0.25) is 0 Å². The molecule has 1 aliphatic rings. The third-order valence-corrected chi connectivity index (χ3v) is 10.9. The molecule has 0 radical (unpaired) electrons. The lowest BCUT2D eigenvalue weighted by molar-refractivity contribution is -0.0392. The van der Waals surface area contributed by atoms with Gasteiger partial charge in [-0.15, -0.1) is 0 Å². The molecule has 0 amide bonds. The molecule has 4 heteroatoms. The van der Waals surface area contributed by atoms with Crippen molar-refractivity contribution < 1.29 is 9.53 Å². The molecule has 1 aliphatic carbocycles. The minimum absolute atomic E-state index is 0.0987. The number of hydrogen-bond donors (Lipinski definition) is 2. The first-order valence-corrected chi connectivity index (χ1v) is 11.4. The summed E-state index contributed by atoms with van der Waals surface area (Å²) in [5.74, 6) is 0. The van der Waals surface area contributed by atoms with Crippen molar-refractivity contribution in [1.82, 2.24) is 0 Å². The third-order valence-electron chi connectivity index (χ3n) is 5.88. The van der Waals surface area contributed by atoms with Crippen LogP contribution in [-0.4, -0.2) is 31.2 Å². The third kappa shape index (κ3) is 3.16. The number of aliphatic hydroxyl groups is 1. The lowest BCUT2D eigenvalue weighted by Crippen LogP contribution is -2.69. The van der Waals surface area contributed by atoms with E-state index in [9.17, 15) is 5.11 Å². The van der Waals surface area contributed by atoms with Crippen molar-refractivity contribution in [3.63, 3.8) is 0 Å². The summed E-state index contributed by atoms with van der Waals surface area (Å²) >= 11 is 0. The molecular formula is C22H31NO2Si. The average Bonchev–Trinajstić information content (AvgIpc) is 2.86. The second-order valence-corrected chi connectivity index (χ2v) is 12.9. The molecule has 0 saturated heterocycles. The van der Waals surface area contributed by atoms with Crippen LogP contribution in [0.3, 0.4) is 0 Å². The molecular weight excluding hydrogens is 338 g/mol. The van der Waals surface area contributed by atoms with E-state index in [0.29, 0.717) is 0 Å². The van der Waals surface area contributed by atoms with Gasteiger partial charge in [0.05, 0.1) is 6.10 Å². The molecule has 3 atom stereocenters. The quantitative estimate of drug-likeness (QED) is 0.815. The molecule has 2 aromatic carbocycles. The van der Waals surface area contributed by atoms with Crippen molar-refractivity contribution in [2.75, 3.05) is 0 Å². The van der Waals surface area contributed by atoms with Crippen molar-refractivity contribution in [1.29, 1.82) is 0 Å². The monoisotopic (exact) mass is 369 g/mol. The number of rotatable bonds is 4. The SMILES string of the molecule is CC(C)(C)[Si](OC1CCC(N)[C@]1(C)O)(c1ccccc1)c1ccccc1. The molecule has 2 unspecified atom stereocenters. The summed E-state index contributed by atoms with van der Waals surface area (Å²) in [6, 6.07) is 20.8. The summed E-state index contributed by atoms with van der Waals surface area (Å²) in [5.41, 5.74) is 5.19. The lowest BCUT2D eigenvalue weighted by Gasteiger charge is -2.46. The molecule has 0 aromatic heterocycles. The van der Waals surface area contributed by atoms with E-state index in [2.05, 4.69) is 69.3 Å². The maximum Gasteiger partial charge on any atom is 0.261 e. The molecule has 3 N–H and O–H groups in total. The van der Waals surface area contributed by atoms with E-state index < -0.39 is 13.9 Å². The second-order valence-electron chi connectivity index (χ2n) is 8.68. The van der Waals surface area contributed by atoms with Crippen molar-refractivity contribution in [3.05, 3.63) is 60.7 Å². The highest BCUT2D eigenvalue weighted by molar-refractivity contribution is 6.99. The number of nitrogens with two attached hydrogens (primary N) is 1. The van der Waals surface area contributed by atoms with Gasteiger partial charge in [0, 0.05) is 6.04 Å². The normalized spacial score (nSPS) is 26.8. The van der Waals surface area contributed by atoms with Crippen LogP contribution in [0.1, 0.15) is 40.5 Å². The molecule has 0 bridgehead atoms. The maximum absolute atomic E-state index is 11.0. The highest BCUT2D eigenvalue weighted by Gasteiger charge is 2.55. The van der Waals surface area contributed by atoms with Gasteiger partial charge in [0.15, 0.2) is 0 Å². The Kier molecular flexibility index (Phi) is 5.14. The first kappa shape index (κ1) is 19.3. The Morgan fingerprint density at radius 3 is 1.77 bits per heavy atom. The molecule has 0 heterocycles. The van der Waals surface area contributed by atoms with Gasteiger partial charge in [0.2, 0.25) is 0 Å². The molecule has 3 rings (SSSR count). The second kappa shape index (κ2) is 6.93. The van der Waals surface area contributed by atoms with Gasteiger partial charge in [-0.2, -0.15) is 0 Å². The van der Waals surface area contributed by atoms with E-state index >= 15 is 0 Å². The molecule has 1 fully saturated rings. The van der Waals surface area contributed by atoms with Crippen molar-refractivity contribution in [2.24, 2.45) is 5.73 Å². The van der Waals surface area contributed by atoms with E-state index in [1.54, 1.807) is 0 Å². The Morgan fingerprint density at radius 2 is 1.42 bits per heavy atom. The largest absolute Gasteiger partial charge is 0.401 e. The Labute approximate surface area is 158 Å². The van der Waals surface area contributed by atoms with Gasteiger partial charge < -0.3 is 15.3 Å². The van der Waals surface area contributed by atoms with Crippen molar-refractivity contribution in [3.8, 4) is 0 Å².